The number of rotatable bonds is 13. The zero-order chi connectivity index (χ0) is 51.5. The fourth-order valence-electron chi connectivity index (χ4n) is 9.51. The van der Waals surface area contributed by atoms with Crippen molar-refractivity contribution >= 4 is 71.1 Å². The monoisotopic (exact) mass is 1030 g/mol. The number of carbonyl (C=O) groups excluding carboxylic acids is 4. The van der Waals surface area contributed by atoms with E-state index in [1.165, 1.54) is 24.3 Å². The smallest absolute Gasteiger partial charge is 0.294 e. The fourth-order valence-corrected chi connectivity index (χ4v) is 11.0. The largest absolute Gasteiger partial charge is 0.744 e. The Bertz CT molecular complexity index is 2720. The summed E-state index contributed by atoms with van der Waals surface area (Å²) in [5.74, 6) is 3.14. The van der Waals surface area contributed by atoms with Crippen LogP contribution in [0.3, 0.4) is 0 Å². The Kier molecular flexibility index (Phi) is 19.1. The summed E-state index contributed by atoms with van der Waals surface area (Å²) in [5, 5.41) is 8.37. The van der Waals surface area contributed by atoms with Gasteiger partial charge in [-0.05, 0) is 108 Å². The first-order valence-electron chi connectivity index (χ1n) is 23.7. The van der Waals surface area contributed by atoms with E-state index in [9.17, 15) is 58.1 Å². The maximum absolute atomic E-state index is 13.4. The molecule has 2 aromatic rings. The Balaban J connectivity index is 1.50. The molecule has 5 rings (SSSR count). The van der Waals surface area contributed by atoms with E-state index in [1.807, 2.05) is 43.9 Å². The summed E-state index contributed by atoms with van der Waals surface area (Å²) in [7, 11) is -13.8. The number of hydrazine groups is 1. The molecule has 2 unspecified atom stereocenters. The van der Waals surface area contributed by atoms with E-state index >= 15 is 0 Å². The van der Waals surface area contributed by atoms with Gasteiger partial charge in [-0.1, -0.05) is 31.8 Å². The third kappa shape index (κ3) is 14.8. The van der Waals surface area contributed by atoms with Gasteiger partial charge in [0, 0.05) is 79.8 Å². The molecule has 0 fully saturated rings. The predicted molar refractivity (Wildman–Crippen MR) is 261 cm³/mol. The van der Waals surface area contributed by atoms with Gasteiger partial charge < -0.3 is 25.4 Å². The first kappa shape index (κ1) is 55.9. The van der Waals surface area contributed by atoms with E-state index in [4.69, 9.17) is 5.84 Å². The fraction of sp³-hybridized carbons (Fsp3) is 0.553. The summed E-state index contributed by atoms with van der Waals surface area (Å²) in [6, 6.07) is 7.45. The Morgan fingerprint density at radius 1 is 0.857 bits per heavy atom. The van der Waals surface area contributed by atoms with Crippen LogP contribution in [-0.2, 0) is 60.4 Å². The second kappa shape index (κ2) is 23.9. The Morgan fingerprint density at radius 2 is 1.53 bits per heavy atom. The van der Waals surface area contributed by atoms with Crippen LogP contribution in [0.1, 0.15) is 128 Å². The molecule has 0 aliphatic carbocycles. The van der Waals surface area contributed by atoms with E-state index in [2.05, 4.69) is 26.0 Å². The van der Waals surface area contributed by atoms with Crippen LogP contribution >= 0.6 is 0 Å². The first-order valence-corrected chi connectivity index (χ1v) is 28.1. The average Bonchev–Trinajstić information content (AvgIpc) is 3.64. The number of fused-ring (bicyclic) bond motifs is 5. The van der Waals surface area contributed by atoms with Gasteiger partial charge in [0.05, 0.1) is 21.0 Å². The van der Waals surface area contributed by atoms with E-state index in [1.54, 1.807) is 12.1 Å². The molecule has 3 aliphatic rings. The lowest BCUT2D eigenvalue weighted by molar-refractivity contribution is -0.438. The normalized spacial score (nSPS) is 22.2. The minimum absolute atomic E-state index is 0.00103. The molecule has 386 valence electrons. The number of anilines is 1. The van der Waals surface area contributed by atoms with Gasteiger partial charge in [-0.15, -0.1) is 0 Å². The van der Waals surface area contributed by atoms with Gasteiger partial charge in [0.15, 0.2) is 5.71 Å². The van der Waals surface area contributed by atoms with E-state index in [0.717, 1.165) is 11.4 Å². The molecule has 8 N–H and O–H groups in total. The number of benzene rings is 2. The van der Waals surface area contributed by atoms with Crippen LogP contribution in [0.25, 0.3) is 0 Å². The number of unbranched alkanes of at least 4 members (excludes halogenated alkanes) is 2. The summed E-state index contributed by atoms with van der Waals surface area (Å²) in [4.78, 5) is 52.3. The lowest BCUT2D eigenvalue weighted by atomic mass is 9.77. The lowest BCUT2D eigenvalue weighted by Crippen LogP contribution is -2.52. The highest BCUT2D eigenvalue weighted by molar-refractivity contribution is 7.86. The Hall–Kier alpha value is -5.04. The number of hydrogen-bond acceptors (Lipinski definition) is 13. The van der Waals surface area contributed by atoms with Crippen LogP contribution in [0.4, 0.5) is 11.4 Å². The molecule has 2 atom stereocenters. The van der Waals surface area contributed by atoms with Crippen molar-refractivity contribution in [1.29, 1.82) is 0 Å². The van der Waals surface area contributed by atoms with E-state index in [-0.39, 0.29) is 66.9 Å². The lowest BCUT2D eigenvalue weighted by Gasteiger charge is -2.30. The van der Waals surface area contributed by atoms with Crippen molar-refractivity contribution < 1.29 is 62.7 Å². The number of carbonyl (C=O) groups is 4. The van der Waals surface area contributed by atoms with Gasteiger partial charge in [-0.2, -0.15) is 21.4 Å². The second-order valence-corrected chi connectivity index (χ2v) is 23.2. The minimum atomic E-state index is -4.78. The molecule has 2 aromatic carbocycles. The molecule has 0 saturated heterocycles. The number of nitrogens with two attached hydrogens (primary N) is 1. The highest BCUT2D eigenvalue weighted by Gasteiger charge is 2.46. The standard InChI is InChI=1S/C47H67N7O13S3/c1-46(2)35-30-33(69(62,63)64)21-23-38(35)53-27-13-5-4-8-18-42(55)50-32-37(45(58)49-26-12-7-10-20-44(57)52-48)51-43(56)19-9-6-11-25-47(3)36-31-34(70(65,66)67)22-24-39(36)54(28-15-29-68(59,60)61)41(47)17-14-16-40(46)53/h14,16-17,21-24,30-31,37H,4-13,15,18-20,25-29,32,48H2,1-3H3,(H6-,49,50,51,52,55,56,57,58,59,60,61,62,63,64,65,66,67). The number of hydrogen-bond donors (Lipinski definition) is 7. The minimum Gasteiger partial charge on any atom is -0.744 e. The van der Waals surface area contributed by atoms with Crippen molar-refractivity contribution in [3.05, 3.63) is 71.5 Å². The Labute approximate surface area is 411 Å². The van der Waals surface area contributed by atoms with Crippen molar-refractivity contribution in [2.75, 3.05) is 36.8 Å². The molecule has 0 bridgehead atoms. The molecular weight excluding hydrogens is 967 g/mol. The third-order valence-corrected chi connectivity index (χ3v) is 15.7. The highest BCUT2D eigenvalue weighted by atomic mass is 32.2. The van der Waals surface area contributed by atoms with Gasteiger partial charge in [0.1, 0.15) is 22.7 Å². The van der Waals surface area contributed by atoms with Crippen LogP contribution in [0.15, 0.2) is 70.1 Å². The third-order valence-electron chi connectivity index (χ3n) is 13.3. The molecule has 0 radical (unpaired) electrons. The molecule has 0 spiro atoms. The molecule has 23 heteroatoms. The van der Waals surface area contributed by atoms with Crippen molar-refractivity contribution in [2.45, 2.75) is 144 Å². The number of amides is 4. The zero-order valence-corrected chi connectivity index (χ0v) is 42.4. The van der Waals surface area contributed by atoms with Gasteiger partial charge in [-0.3, -0.25) is 33.7 Å². The zero-order valence-electron chi connectivity index (χ0n) is 40.0. The summed E-state index contributed by atoms with van der Waals surface area (Å²) in [5.41, 5.74) is 4.20. The number of nitrogens with one attached hydrogen (secondary N) is 4. The molecule has 3 heterocycles. The predicted octanol–water partition coefficient (Wildman–Crippen LogP) is 3.89. The van der Waals surface area contributed by atoms with E-state index in [0.29, 0.717) is 99.7 Å². The van der Waals surface area contributed by atoms with Gasteiger partial charge in [-0.25, -0.2) is 14.3 Å². The maximum atomic E-state index is 13.4. The molecule has 4 amide bonds. The SMILES string of the molecule is CC1(C)C2=[N+](CCCCCCC(=O)NCC(C(=O)NCCCCCC(=O)NN)NC(=O)CCCCCC3(C)/C(=C/C=C/2)N(CCCS(=O)(=O)O)c2ccc(S(=O)(=O)O)cc23)c2ccc(S(=O)(=O)[O-])cc21. The van der Waals surface area contributed by atoms with Crippen LogP contribution in [-0.4, -0.2) is 111 Å². The molecule has 20 nitrogen and oxygen atoms in total. The van der Waals surface area contributed by atoms with Crippen LogP contribution < -0.4 is 32.1 Å². The molecule has 70 heavy (non-hydrogen) atoms. The summed E-state index contributed by atoms with van der Waals surface area (Å²) in [6.07, 6.45) is 12.2. The van der Waals surface area contributed by atoms with Gasteiger partial charge in [0.25, 0.3) is 20.2 Å². The summed E-state index contributed by atoms with van der Waals surface area (Å²) in [6.45, 7) is 6.48. The van der Waals surface area contributed by atoms with Crippen molar-refractivity contribution in [1.82, 2.24) is 21.4 Å². The molecule has 0 saturated carbocycles. The number of nitrogens with zero attached hydrogens (tertiary/aromatic N) is 2. The average molecular weight is 1030 g/mol. The first-order chi connectivity index (χ1) is 32.9. The van der Waals surface area contributed by atoms with Crippen LogP contribution in [0.2, 0.25) is 0 Å². The molecular formula is C47H67N7O13S3. The number of allylic oxidation sites excluding steroid dienone is 4. The molecule has 0 aromatic heterocycles. The van der Waals surface area contributed by atoms with E-state index < -0.39 is 64.8 Å². The highest BCUT2D eigenvalue weighted by Crippen LogP contribution is 2.51. The maximum Gasteiger partial charge on any atom is 0.294 e. The Morgan fingerprint density at radius 3 is 2.21 bits per heavy atom. The second-order valence-electron chi connectivity index (χ2n) is 18.8. The summed E-state index contributed by atoms with van der Waals surface area (Å²) < 4.78 is 107. The van der Waals surface area contributed by atoms with Gasteiger partial charge >= 0.3 is 0 Å². The quantitative estimate of drug-likeness (QED) is 0.0374. The molecule has 3 aliphatic heterocycles. The van der Waals surface area contributed by atoms with Gasteiger partial charge in [0.2, 0.25) is 29.3 Å². The van der Waals surface area contributed by atoms with Crippen LogP contribution in [0, 0.1) is 0 Å². The van der Waals surface area contributed by atoms with Crippen molar-refractivity contribution in [2.24, 2.45) is 5.84 Å². The topological polar surface area (TPSA) is 315 Å². The van der Waals surface area contributed by atoms with Crippen molar-refractivity contribution in [3.63, 3.8) is 0 Å². The van der Waals surface area contributed by atoms with Crippen LogP contribution in [0.5, 0.6) is 0 Å². The summed E-state index contributed by atoms with van der Waals surface area (Å²) >= 11 is 0. The van der Waals surface area contributed by atoms with Crippen molar-refractivity contribution in [3.8, 4) is 0 Å².